The van der Waals surface area contributed by atoms with Crippen LogP contribution in [-0.2, 0) is 19.1 Å². The van der Waals surface area contributed by atoms with Crippen molar-refractivity contribution in [2.45, 2.75) is 39.7 Å². The molecule has 0 fully saturated rings. The Bertz CT molecular complexity index is 176. The lowest BCUT2D eigenvalue weighted by molar-refractivity contribution is -0.153. The van der Waals surface area contributed by atoms with Gasteiger partial charge in [0.2, 0.25) is 0 Å². The molecule has 0 bridgehead atoms. The fourth-order valence-corrected chi connectivity index (χ4v) is 0.910. The van der Waals surface area contributed by atoms with Gasteiger partial charge in [-0.25, -0.2) is 0 Å². The highest BCUT2D eigenvalue weighted by Crippen LogP contribution is 2.05. The Hall–Kier alpha value is -1.06. The minimum atomic E-state index is -0.365. The number of esters is 2. The quantitative estimate of drug-likeness (QED) is 0.610. The Morgan fingerprint density at radius 1 is 1.31 bits per heavy atom. The standard InChI is InChI=1S/C9H16O4/c1-4-8(13-7(3)10)6-9(11)12-5-2/h8H,4-6H2,1-3H3. The summed E-state index contributed by atoms with van der Waals surface area (Å²) in [5.41, 5.74) is 0. The smallest absolute Gasteiger partial charge is 0.309 e. The second kappa shape index (κ2) is 6.46. The van der Waals surface area contributed by atoms with Crippen LogP contribution in [-0.4, -0.2) is 24.6 Å². The van der Waals surface area contributed by atoms with Gasteiger partial charge < -0.3 is 9.47 Å². The largest absolute Gasteiger partial charge is 0.466 e. The molecule has 0 aromatic rings. The van der Waals surface area contributed by atoms with Crippen LogP contribution in [0.3, 0.4) is 0 Å². The number of hydrogen-bond acceptors (Lipinski definition) is 4. The van der Waals surface area contributed by atoms with Gasteiger partial charge in [-0.3, -0.25) is 9.59 Å². The lowest BCUT2D eigenvalue weighted by atomic mass is 10.2. The maximum atomic E-state index is 11.0. The first kappa shape index (κ1) is 11.9. The molecule has 0 amide bonds. The van der Waals surface area contributed by atoms with Crippen molar-refractivity contribution in [2.75, 3.05) is 6.61 Å². The summed E-state index contributed by atoms with van der Waals surface area (Å²) in [7, 11) is 0. The number of rotatable bonds is 5. The third kappa shape index (κ3) is 6.13. The summed E-state index contributed by atoms with van der Waals surface area (Å²) in [4.78, 5) is 21.6. The maximum Gasteiger partial charge on any atom is 0.309 e. The molecule has 0 heterocycles. The molecule has 1 atom stereocenters. The Labute approximate surface area is 78.2 Å². The van der Waals surface area contributed by atoms with Crippen molar-refractivity contribution in [3.05, 3.63) is 0 Å². The molecule has 0 spiro atoms. The van der Waals surface area contributed by atoms with E-state index in [2.05, 4.69) is 0 Å². The zero-order valence-corrected chi connectivity index (χ0v) is 8.33. The molecule has 0 aliphatic heterocycles. The van der Waals surface area contributed by atoms with Gasteiger partial charge in [0.15, 0.2) is 0 Å². The molecule has 76 valence electrons. The van der Waals surface area contributed by atoms with Crippen LogP contribution < -0.4 is 0 Å². The molecule has 0 rings (SSSR count). The van der Waals surface area contributed by atoms with E-state index in [-0.39, 0.29) is 24.5 Å². The second-order valence-electron chi connectivity index (χ2n) is 2.65. The van der Waals surface area contributed by atoms with Crippen LogP contribution in [0.1, 0.15) is 33.6 Å². The molecule has 13 heavy (non-hydrogen) atoms. The van der Waals surface area contributed by atoms with Crippen LogP contribution in [0.4, 0.5) is 0 Å². The molecule has 0 aliphatic rings. The van der Waals surface area contributed by atoms with Crippen LogP contribution in [0, 0.1) is 0 Å². The normalized spacial score (nSPS) is 11.9. The number of ether oxygens (including phenoxy) is 2. The Morgan fingerprint density at radius 3 is 2.31 bits per heavy atom. The van der Waals surface area contributed by atoms with Gasteiger partial charge in [-0.2, -0.15) is 0 Å². The van der Waals surface area contributed by atoms with Crippen LogP contribution in [0.25, 0.3) is 0 Å². The van der Waals surface area contributed by atoms with E-state index < -0.39 is 0 Å². The van der Waals surface area contributed by atoms with Crippen LogP contribution in [0.5, 0.6) is 0 Å². The number of hydrogen-bond donors (Lipinski definition) is 0. The summed E-state index contributed by atoms with van der Waals surface area (Å²) in [5.74, 6) is -0.688. The van der Waals surface area contributed by atoms with E-state index in [9.17, 15) is 9.59 Å². The van der Waals surface area contributed by atoms with Crippen LogP contribution >= 0.6 is 0 Å². The highest BCUT2D eigenvalue weighted by Gasteiger charge is 2.15. The molecule has 0 aromatic heterocycles. The first-order valence-corrected chi connectivity index (χ1v) is 4.43. The lowest BCUT2D eigenvalue weighted by Gasteiger charge is -2.13. The first-order chi connectivity index (χ1) is 6.10. The molecule has 0 radical (unpaired) electrons. The summed E-state index contributed by atoms with van der Waals surface area (Å²) >= 11 is 0. The summed E-state index contributed by atoms with van der Waals surface area (Å²) in [6, 6.07) is 0. The summed E-state index contributed by atoms with van der Waals surface area (Å²) in [5, 5.41) is 0. The van der Waals surface area contributed by atoms with Gasteiger partial charge in [-0.15, -0.1) is 0 Å². The fraction of sp³-hybridized carbons (Fsp3) is 0.778. The summed E-state index contributed by atoms with van der Waals surface area (Å²) in [6.45, 7) is 5.28. The van der Waals surface area contributed by atoms with Crippen molar-refractivity contribution >= 4 is 11.9 Å². The van der Waals surface area contributed by atoms with E-state index >= 15 is 0 Å². The average Bonchev–Trinajstić information content (AvgIpc) is 2.02. The predicted octanol–water partition coefficient (Wildman–Crippen LogP) is 1.28. The monoisotopic (exact) mass is 188 g/mol. The highest BCUT2D eigenvalue weighted by atomic mass is 16.6. The fourth-order valence-electron chi connectivity index (χ4n) is 0.910. The van der Waals surface area contributed by atoms with E-state index in [1.54, 1.807) is 6.92 Å². The lowest BCUT2D eigenvalue weighted by Crippen LogP contribution is -2.20. The second-order valence-corrected chi connectivity index (χ2v) is 2.65. The van der Waals surface area contributed by atoms with Gasteiger partial charge in [0.1, 0.15) is 6.10 Å². The molecule has 1 unspecified atom stereocenters. The maximum absolute atomic E-state index is 11.0. The van der Waals surface area contributed by atoms with E-state index in [0.29, 0.717) is 13.0 Å². The third-order valence-electron chi connectivity index (χ3n) is 1.49. The molecule has 4 nitrogen and oxygen atoms in total. The van der Waals surface area contributed by atoms with Crippen molar-refractivity contribution in [2.24, 2.45) is 0 Å². The van der Waals surface area contributed by atoms with E-state index in [0.717, 1.165) is 0 Å². The van der Waals surface area contributed by atoms with E-state index in [4.69, 9.17) is 9.47 Å². The van der Waals surface area contributed by atoms with Crippen molar-refractivity contribution in [3.63, 3.8) is 0 Å². The Balaban J connectivity index is 3.83. The number of carbonyl (C=O) groups is 2. The topological polar surface area (TPSA) is 52.6 Å². The van der Waals surface area contributed by atoms with Gasteiger partial charge in [0.05, 0.1) is 13.0 Å². The Morgan fingerprint density at radius 2 is 1.92 bits per heavy atom. The van der Waals surface area contributed by atoms with Gasteiger partial charge in [0, 0.05) is 6.92 Å². The zero-order chi connectivity index (χ0) is 10.3. The van der Waals surface area contributed by atoms with Crippen molar-refractivity contribution < 1.29 is 19.1 Å². The molecule has 0 aromatic carbocycles. The Kier molecular flexibility index (Phi) is 5.93. The van der Waals surface area contributed by atoms with Gasteiger partial charge in [-0.1, -0.05) is 6.92 Å². The van der Waals surface area contributed by atoms with Crippen LogP contribution in [0.2, 0.25) is 0 Å². The molecule has 0 aliphatic carbocycles. The highest BCUT2D eigenvalue weighted by molar-refractivity contribution is 5.71. The minimum absolute atomic E-state index is 0.143. The zero-order valence-electron chi connectivity index (χ0n) is 8.33. The summed E-state index contributed by atoms with van der Waals surface area (Å²) in [6.07, 6.45) is 0.416. The minimum Gasteiger partial charge on any atom is -0.466 e. The molecule has 0 N–H and O–H groups in total. The van der Waals surface area contributed by atoms with Gasteiger partial charge in [-0.05, 0) is 13.3 Å². The molecule has 4 heteroatoms. The predicted molar refractivity (Wildman–Crippen MR) is 47.1 cm³/mol. The molecule has 0 saturated heterocycles. The van der Waals surface area contributed by atoms with E-state index in [1.807, 2.05) is 6.92 Å². The molecular weight excluding hydrogens is 172 g/mol. The third-order valence-corrected chi connectivity index (χ3v) is 1.49. The van der Waals surface area contributed by atoms with Crippen LogP contribution in [0.15, 0.2) is 0 Å². The van der Waals surface area contributed by atoms with Gasteiger partial charge in [0.25, 0.3) is 0 Å². The average molecular weight is 188 g/mol. The van der Waals surface area contributed by atoms with E-state index in [1.165, 1.54) is 6.92 Å². The first-order valence-electron chi connectivity index (χ1n) is 4.43. The SMILES string of the molecule is CCOC(=O)CC(CC)OC(C)=O. The van der Waals surface area contributed by atoms with Crippen molar-refractivity contribution in [1.82, 2.24) is 0 Å². The van der Waals surface area contributed by atoms with Crippen molar-refractivity contribution in [1.29, 1.82) is 0 Å². The number of carbonyl (C=O) groups excluding carboxylic acids is 2. The van der Waals surface area contributed by atoms with Crippen molar-refractivity contribution in [3.8, 4) is 0 Å². The summed E-state index contributed by atoms with van der Waals surface area (Å²) < 4.78 is 9.60. The molecular formula is C9H16O4. The molecule has 0 saturated carbocycles. The van der Waals surface area contributed by atoms with Gasteiger partial charge >= 0.3 is 11.9 Å².